The molecule has 1 saturated heterocycles. The molecule has 0 saturated carbocycles. The van der Waals surface area contributed by atoms with Crippen LogP contribution in [0.15, 0.2) is 29.3 Å². The number of hydrogen-bond donors (Lipinski definition) is 2. The molecule has 25 heavy (non-hydrogen) atoms. The minimum atomic E-state index is -0.494. The summed E-state index contributed by atoms with van der Waals surface area (Å²) in [6, 6.07) is 7.42. The van der Waals surface area contributed by atoms with Crippen LogP contribution in [0.5, 0.6) is 5.75 Å². The van der Waals surface area contributed by atoms with Crippen LogP contribution in [0.1, 0.15) is 20.8 Å². The number of guanidine groups is 1. The number of benzene rings is 1. The maximum absolute atomic E-state index is 12.1. The Morgan fingerprint density at radius 2 is 1.84 bits per heavy atom. The van der Waals surface area contributed by atoms with E-state index in [1.807, 2.05) is 49.9 Å². The van der Waals surface area contributed by atoms with Crippen LogP contribution in [-0.4, -0.2) is 60.7 Å². The molecule has 0 spiro atoms. The molecule has 1 fully saturated rings. The lowest BCUT2D eigenvalue weighted by Crippen LogP contribution is -2.55. The van der Waals surface area contributed by atoms with Crippen LogP contribution in [-0.2, 0) is 4.74 Å². The van der Waals surface area contributed by atoms with Gasteiger partial charge in [0, 0.05) is 32.2 Å². The van der Waals surface area contributed by atoms with Gasteiger partial charge in [-0.05, 0) is 32.9 Å². The Bertz CT molecular complexity index is 619. The zero-order chi connectivity index (χ0) is 18.4. The first-order valence-electron chi connectivity index (χ1n) is 8.24. The highest BCUT2D eigenvalue weighted by atomic mass is 16.6. The molecule has 138 valence electrons. The number of nitrogens with zero attached hydrogens (tertiary/aromatic N) is 3. The van der Waals surface area contributed by atoms with Gasteiger partial charge in [0.15, 0.2) is 0 Å². The molecule has 1 aliphatic heterocycles. The predicted octanol–water partition coefficient (Wildman–Crippen LogP) is 1.70. The summed E-state index contributed by atoms with van der Waals surface area (Å²) >= 11 is 0. The van der Waals surface area contributed by atoms with Crippen molar-refractivity contribution in [3.63, 3.8) is 0 Å². The highest BCUT2D eigenvalue weighted by Gasteiger charge is 2.26. The van der Waals surface area contributed by atoms with Crippen molar-refractivity contribution in [1.82, 2.24) is 15.2 Å². The number of carbonyl (C=O) groups is 1. The Balaban J connectivity index is 1.99. The molecule has 8 heteroatoms. The van der Waals surface area contributed by atoms with E-state index >= 15 is 0 Å². The number of carbonyl (C=O) groups excluding carboxylic acids is 1. The first kappa shape index (κ1) is 18.9. The highest BCUT2D eigenvalue weighted by molar-refractivity contribution is 5.82. The summed E-state index contributed by atoms with van der Waals surface area (Å²) in [6.45, 7) is 7.91. The van der Waals surface area contributed by atoms with Crippen LogP contribution in [0.25, 0.3) is 0 Å². The van der Waals surface area contributed by atoms with Crippen molar-refractivity contribution in [3.8, 4) is 5.75 Å². The van der Waals surface area contributed by atoms with Crippen LogP contribution < -0.4 is 16.0 Å². The average Bonchev–Trinajstić information content (AvgIpc) is 2.58. The van der Waals surface area contributed by atoms with E-state index in [1.54, 1.807) is 12.0 Å². The third-order valence-corrected chi connectivity index (χ3v) is 3.65. The number of nitrogens with one attached hydrogen (secondary N) is 1. The van der Waals surface area contributed by atoms with Crippen LogP contribution in [0.4, 0.5) is 10.5 Å². The van der Waals surface area contributed by atoms with E-state index in [4.69, 9.17) is 15.3 Å². The molecule has 0 radical (unpaired) electrons. The Kier molecular flexibility index (Phi) is 6.08. The lowest BCUT2D eigenvalue weighted by Gasteiger charge is -2.36. The Morgan fingerprint density at radius 1 is 1.20 bits per heavy atom. The van der Waals surface area contributed by atoms with Crippen LogP contribution in [0, 0.1) is 0 Å². The Morgan fingerprint density at radius 3 is 2.40 bits per heavy atom. The second-order valence-electron chi connectivity index (χ2n) is 6.74. The molecular formula is C17H27N5O3. The summed E-state index contributed by atoms with van der Waals surface area (Å²) in [5, 5.41) is 0. The summed E-state index contributed by atoms with van der Waals surface area (Å²) in [4.78, 5) is 20.3. The van der Waals surface area contributed by atoms with Gasteiger partial charge in [-0.25, -0.2) is 15.6 Å². The third-order valence-electron chi connectivity index (χ3n) is 3.65. The average molecular weight is 349 g/mol. The Hall–Kier alpha value is -2.48. The highest BCUT2D eigenvalue weighted by Crippen LogP contribution is 2.20. The molecule has 0 aromatic heterocycles. The predicted molar refractivity (Wildman–Crippen MR) is 96.8 cm³/mol. The molecule has 1 heterocycles. The van der Waals surface area contributed by atoms with E-state index < -0.39 is 5.60 Å². The summed E-state index contributed by atoms with van der Waals surface area (Å²) in [5.74, 6) is 6.92. The zero-order valence-corrected chi connectivity index (χ0v) is 15.3. The van der Waals surface area contributed by atoms with Crippen molar-refractivity contribution in [3.05, 3.63) is 24.3 Å². The molecule has 0 bridgehead atoms. The summed E-state index contributed by atoms with van der Waals surface area (Å²) in [5.41, 5.74) is 2.88. The number of aliphatic imine (C=N–C) groups is 1. The second kappa shape index (κ2) is 8.06. The number of hydrazine groups is 1. The molecule has 3 N–H and O–H groups in total. The molecule has 1 aliphatic rings. The van der Waals surface area contributed by atoms with Gasteiger partial charge in [0.05, 0.1) is 12.8 Å². The van der Waals surface area contributed by atoms with Gasteiger partial charge in [0.2, 0.25) is 5.96 Å². The maximum atomic E-state index is 12.1. The van der Waals surface area contributed by atoms with Gasteiger partial charge in [-0.1, -0.05) is 6.07 Å². The normalized spacial score (nSPS) is 15.8. The summed E-state index contributed by atoms with van der Waals surface area (Å²) in [6.07, 6.45) is -0.292. The second-order valence-corrected chi connectivity index (χ2v) is 6.74. The van der Waals surface area contributed by atoms with Crippen LogP contribution in [0.3, 0.4) is 0 Å². The van der Waals surface area contributed by atoms with Gasteiger partial charge in [-0.15, -0.1) is 0 Å². The van der Waals surface area contributed by atoms with Crippen molar-refractivity contribution >= 4 is 17.7 Å². The number of amides is 1. The lowest BCUT2D eigenvalue weighted by atomic mass is 10.2. The van der Waals surface area contributed by atoms with E-state index in [0.717, 1.165) is 11.4 Å². The van der Waals surface area contributed by atoms with Gasteiger partial charge < -0.3 is 19.3 Å². The van der Waals surface area contributed by atoms with Gasteiger partial charge in [0.1, 0.15) is 11.4 Å². The SMILES string of the molecule is COc1cccc(N=C(NN)N2CCN(C(=O)OC(C)(C)C)CC2)c1. The molecular weight excluding hydrogens is 322 g/mol. The number of nitrogens with two attached hydrogens (primary N) is 1. The number of rotatable bonds is 2. The van der Waals surface area contributed by atoms with E-state index in [-0.39, 0.29) is 6.09 Å². The molecule has 1 amide bonds. The first-order valence-corrected chi connectivity index (χ1v) is 8.24. The molecule has 0 atom stereocenters. The molecule has 0 unspecified atom stereocenters. The zero-order valence-electron chi connectivity index (χ0n) is 15.3. The van der Waals surface area contributed by atoms with E-state index in [1.165, 1.54) is 0 Å². The van der Waals surface area contributed by atoms with Gasteiger partial charge in [0.25, 0.3) is 0 Å². The van der Waals surface area contributed by atoms with E-state index in [9.17, 15) is 4.79 Å². The fourth-order valence-corrected chi connectivity index (χ4v) is 2.42. The van der Waals surface area contributed by atoms with E-state index in [0.29, 0.717) is 32.1 Å². The van der Waals surface area contributed by atoms with Crippen molar-refractivity contribution in [2.24, 2.45) is 10.8 Å². The van der Waals surface area contributed by atoms with Gasteiger partial charge >= 0.3 is 6.09 Å². The monoisotopic (exact) mass is 349 g/mol. The Labute approximate surface area is 148 Å². The maximum Gasteiger partial charge on any atom is 0.410 e. The minimum absolute atomic E-state index is 0.292. The number of methoxy groups -OCH3 is 1. The number of hydrogen-bond acceptors (Lipinski definition) is 5. The molecule has 1 aromatic carbocycles. The standard InChI is InChI=1S/C17H27N5O3/c1-17(2,3)25-16(23)22-10-8-21(9-11-22)15(20-18)19-13-6-5-7-14(12-13)24-4/h5-7,12H,8-11,18H2,1-4H3,(H,19,20). The van der Waals surface area contributed by atoms with Crippen LogP contribution in [0.2, 0.25) is 0 Å². The van der Waals surface area contributed by atoms with Crippen LogP contribution >= 0.6 is 0 Å². The topological polar surface area (TPSA) is 92.4 Å². The van der Waals surface area contributed by atoms with E-state index in [2.05, 4.69) is 10.4 Å². The molecule has 1 aromatic rings. The van der Waals surface area contributed by atoms with Crippen molar-refractivity contribution < 1.29 is 14.3 Å². The molecule has 0 aliphatic carbocycles. The fourth-order valence-electron chi connectivity index (χ4n) is 2.42. The molecule has 8 nitrogen and oxygen atoms in total. The minimum Gasteiger partial charge on any atom is -0.497 e. The smallest absolute Gasteiger partial charge is 0.410 e. The number of ether oxygens (including phenoxy) is 2. The lowest BCUT2D eigenvalue weighted by molar-refractivity contribution is 0.0185. The van der Waals surface area contributed by atoms with Gasteiger partial charge in [-0.3, -0.25) is 5.43 Å². The van der Waals surface area contributed by atoms with Crippen molar-refractivity contribution in [2.45, 2.75) is 26.4 Å². The third kappa shape index (κ3) is 5.53. The fraction of sp³-hybridized carbons (Fsp3) is 0.529. The molecule has 2 rings (SSSR count). The quantitative estimate of drug-likeness (QED) is 0.365. The van der Waals surface area contributed by atoms with Gasteiger partial charge in [-0.2, -0.15) is 0 Å². The number of piperazine rings is 1. The largest absolute Gasteiger partial charge is 0.497 e. The van der Waals surface area contributed by atoms with Crippen molar-refractivity contribution in [1.29, 1.82) is 0 Å². The first-order chi connectivity index (χ1) is 11.8. The summed E-state index contributed by atoms with van der Waals surface area (Å²) < 4.78 is 10.6. The summed E-state index contributed by atoms with van der Waals surface area (Å²) in [7, 11) is 1.61. The van der Waals surface area contributed by atoms with Crippen molar-refractivity contribution in [2.75, 3.05) is 33.3 Å².